The Bertz CT molecular complexity index is 681. The number of halogens is 3. The van der Waals surface area contributed by atoms with E-state index in [1.165, 1.54) is 12.0 Å². The summed E-state index contributed by atoms with van der Waals surface area (Å²) in [6, 6.07) is 0. The molecular formula is C16H21F3N4O3. The highest BCUT2D eigenvalue weighted by Crippen LogP contribution is 2.42. The van der Waals surface area contributed by atoms with E-state index in [0.717, 1.165) is 11.4 Å². The van der Waals surface area contributed by atoms with E-state index in [-0.39, 0.29) is 25.6 Å². The van der Waals surface area contributed by atoms with Crippen molar-refractivity contribution in [1.82, 2.24) is 19.8 Å². The molecular weight excluding hydrogens is 353 g/mol. The van der Waals surface area contributed by atoms with Crippen molar-refractivity contribution >= 4 is 11.8 Å². The molecule has 0 bridgehead atoms. The number of fused-ring (bicyclic) bond motifs is 2. The van der Waals surface area contributed by atoms with Crippen LogP contribution in [0.15, 0.2) is 6.33 Å². The van der Waals surface area contributed by atoms with Gasteiger partial charge in [-0.15, -0.1) is 0 Å². The second-order valence-electron chi connectivity index (χ2n) is 6.66. The molecule has 3 heterocycles. The fourth-order valence-electron chi connectivity index (χ4n) is 3.96. The zero-order chi connectivity index (χ0) is 18.9. The summed E-state index contributed by atoms with van der Waals surface area (Å²) in [7, 11) is 1.44. The molecule has 26 heavy (non-hydrogen) atoms. The van der Waals surface area contributed by atoms with Crippen molar-refractivity contribution in [1.29, 1.82) is 0 Å². The van der Waals surface area contributed by atoms with Crippen LogP contribution in [-0.4, -0.2) is 71.1 Å². The number of ether oxygens (including phenoxy) is 1. The van der Waals surface area contributed by atoms with Crippen LogP contribution in [0.2, 0.25) is 0 Å². The van der Waals surface area contributed by atoms with Gasteiger partial charge in [-0.1, -0.05) is 0 Å². The number of carbonyl (C=O) groups excluding carboxylic acids is 2. The van der Waals surface area contributed by atoms with Crippen molar-refractivity contribution in [2.24, 2.45) is 0 Å². The minimum atomic E-state index is -4.52. The van der Waals surface area contributed by atoms with E-state index < -0.39 is 24.0 Å². The summed E-state index contributed by atoms with van der Waals surface area (Å²) in [5.41, 5.74) is 0.968. The molecule has 0 radical (unpaired) electrons. The molecule has 10 heteroatoms. The van der Waals surface area contributed by atoms with Gasteiger partial charge in [-0.05, 0) is 12.8 Å². The Labute approximate surface area is 148 Å². The number of amides is 2. The molecule has 1 aromatic heterocycles. The highest BCUT2D eigenvalue weighted by atomic mass is 19.4. The van der Waals surface area contributed by atoms with E-state index in [0.29, 0.717) is 25.8 Å². The van der Waals surface area contributed by atoms with Gasteiger partial charge in [-0.2, -0.15) is 13.2 Å². The molecule has 0 unspecified atom stereocenters. The van der Waals surface area contributed by atoms with Gasteiger partial charge in [-0.25, -0.2) is 4.98 Å². The first-order chi connectivity index (χ1) is 12.3. The highest BCUT2D eigenvalue weighted by molar-refractivity contribution is 5.79. The minimum Gasteiger partial charge on any atom is -0.375 e. The summed E-state index contributed by atoms with van der Waals surface area (Å²) in [5, 5.41) is 0. The number of carbonyl (C=O) groups is 2. The van der Waals surface area contributed by atoms with Gasteiger partial charge in [0, 0.05) is 38.9 Å². The zero-order valence-corrected chi connectivity index (χ0v) is 14.4. The summed E-state index contributed by atoms with van der Waals surface area (Å²) < 4.78 is 42.4. The van der Waals surface area contributed by atoms with Gasteiger partial charge >= 0.3 is 6.18 Å². The first-order valence-electron chi connectivity index (χ1n) is 8.43. The average molecular weight is 374 g/mol. The van der Waals surface area contributed by atoms with E-state index in [1.807, 2.05) is 0 Å². The summed E-state index contributed by atoms with van der Waals surface area (Å²) >= 11 is 0. The van der Waals surface area contributed by atoms with E-state index >= 15 is 0 Å². The molecule has 144 valence electrons. The first kappa shape index (κ1) is 18.7. The zero-order valence-electron chi connectivity index (χ0n) is 14.4. The number of hydrogen-bond donors (Lipinski definition) is 1. The molecule has 0 aliphatic carbocycles. The fourth-order valence-corrected chi connectivity index (χ4v) is 3.96. The molecule has 2 aliphatic heterocycles. The third kappa shape index (κ3) is 3.42. The lowest BCUT2D eigenvalue weighted by atomic mass is 9.78. The predicted molar refractivity (Wildman–Crippen MR) is 84.0 cm³/mol. The standard InChI is InChI=1S/C16H21F3N4O3/c1-26-9-13(25)23-5-2-11-14(21-10-20-11)15(23)3-6-22(7-4-15)12(24)8-16(17,18)19/h10H,2-9H2,1H3,(H,20,21). The van der Waals surface area contributed by atoms with Crippen molar-refractivity contribution in [2.45, 2.75) is 37.4 Å². The number of hydrogen-bond acceptors (Lipinski definition) is 4. The molecule has 3 rings (SSSR count). The van der Waals surface area contributed by atoms with E-state index in [1.54, 1.807) is 11.2 Å². The largest absolute Gasteiger partial charge is 0.397 e. The second-order valence-corrected chi connectivity index (χ2v) is 6.66. The van der Waals surface area contributed by atoms with Gasteiger partial charge in [0.05, 0.1) is 17.6 Å². The van der Waals surface area contributed by atoms with Crippen LogP contribution in [0.3, 0.4) is 0 Å². The lowest BCUT2D eigenvalue weighted by Crippen LogP contribution is -2.59. The predicted octanol–water partition coefficient (Wildman–Crippen LogP) is 1.21. The fraction of sp³-hybridized carbons (Fsp3) is 0.688. The number of rotatable bonds is 3. The van der Waals surface area contributed by atoms with Crippen LogP contribution in [0.5, 0.6) is 0 Å². The lowest BCUT2D eigenvalue weighted by Gasteiger charge is -2.50. The molecule has 0 saturated carbocycles. The van der Waals surface area contributed by atoms with Crippen LogP contribution in [-0.2, 0) is 26.3 Å². The number of H-pyrrole nitrogens is 1. The third-order valence-corrected chi connectivity index (χ3v) is 5.13. The van der Waals surface area contributed by atoms with Crippen LogP contribution < -0.4 is 0 Å². The van der Waals surface area contributed by atoms with Crippen LogP contribution in [0.4, 0.5) is 13.2 Å². The molecule has 1 N–H and O–H groups in total. The van der Waals surface area contributed by atoms with Crippen molar-refractivity contribution in [3.63, 3.8) is 0 Å². The topological polar surface area (TPSA) is 78.5 Å². The molecule has 1 aromatic rings. The van der Waals surface area contributed by atoms with Crippen LogP contribution in [0.25, 0.3) is 0 Å². The van der Waals surface area contributed by atoms with Crippen LogP contribution >= 0.6 is 0 Å². The maximum absolute atomic E-state index is 12.5. The Hall–Kier alpha value is -2.10. The Morgan fingerprint density at radius 1 is 1.27 bits per heavy atom. The molecule has 0 atom stereocenters. The molecule has 0 aromatic carbocycles. The molecule has 1 saturated heterocycles. The number of imidazole rings is 1. The number of aromatic amines is 1. The summed E-state index contributed by atoms with van der Waals surface area (Å²) in [6.07, 6.45) is -3.08. The normalized spacial score (nSPS) is 19.5. The quantitative estimate of drug-likeness (QED) is 0.863. The van der Waals surface area contributed by atoms with Gasteiger partial charge in [0.2, 0.25) is 11.8 Å². The number of aromatic nitrogens is 2. The number of piperidine rings is 1. The number of alkyl halides is 3. The molecule has 1 spiro atoms. The van der Waals surface area contributed by atoms with Gasteiger partial charge in [-0.3, -0.25) is 9.59 Å². The minimum absolute atomic E-state index is 0.0712. The highest BCUT2D eigenvalue weighted by Gasteiger charge is 2.49. The molecule has 7 nitrogen and oxygen atoms in total. The number of nitrogens with one attached hydrogen (secondary N) is 1. The third-order valence-electron chi connectivity index (χ3n) is 5.13. The SMILES string of the molecule is COCC(=O)N1CCc2[nH]cnc2C12CCN(C(=O)CC(F)(F)F)CC2. The Balaban J connectivity index is 1.81. The summed E-state index contributed by atoms with van der Waals surface area (Å²) in [4.78, 5) is 34.8. The Kier molecular flexibility index (Phi) is 4.96. The van der Waals surface area contributed by atoms with Crippen molar-refractivity contribution in [3.05, 3.63) is 17.7 Å². The van der Waals surface area contributed by atoms with Crippen molar-refractivity contribution in [2.75, 3.05) is 33.4 Å². The maximum Gasteiger partial charge on any atom is 0.397 e. The maximum atomic E-state index is 12.5. The van der Waals surface area contributed by atoms with Gasteiger partial charge < -0.3 is 19.5 Å². The number of nitrogens with zero attached hydrogens (tertiary/aromatic N) is 3. The van der Waals surface area contributed by atoms with Crippen molar-refractivity contribution < 1.29 is 27.5 Å². The summed E-state index contributed by atoms with van der Waals surface area (Å²) in [6.45, 7) is 0.710. The van der Waals surface area contributed by atoms with E-state index in [9.17, 15) is 22.8 Å². The lowest BCUT2D eigenvalue weighted by molar-refractivity contribution is -0.164. The van der Waals surface area contributed by atoms with Crippen LogP contribution in [0, 0.1) is 0 Å². The van der Waals surface area contributed by atoms with Crippen molar-refractivity contribution in [3.8, 4) is 0 Å². The number of methoxy groups -OCH3 is 1. The Morgan fingerprint density at radius 3 is 2.58 bits per heavy atom. The summed E-state index contributed by atoms with van der Waals surface area (Å²) in [5.74, 6) is -1.11. The number of likely N-dealkylation sites (tertiary alicyclic amines) is 1. The van der Waals surface area contributed by atoms with Gasteiger partial charge in [0.15, 0.2) is 0 Å². The average Bonchev–Trinajstić information content (AvgIpc) is 3.04. The van der Waals surface area contributed by atoms with Gasteiger partial charge in [0.1, 0.15) is 13.0 Å². The molecule has 1 fully saturated rings. The smallest absolute Gasteiger partial charge is 0.375 e. The molecule has 2 amide bonds. The monoisotopic (exact) mass is 374 g/mol. The van der Waals surface area contributed by atoms with Crippen LogP contribution in [0.1, 0.15) is 30.7 Å². The first-order valence-corrected chi connectivity index (χ1v) is 8.43. The van der Waals surface area contributed by atoms with E-state index in [4.69, 9.17) is 4.74 Å². The van der Waals surface area contributed by atoms with E-state index in [2.05, 4.69) is 9.97 Å². The van der Waals surface area contributed by atoms with Gasteiger partial charge in [0.25, 0.3) is 0 Å². The second kappa shape index (κ2) is 6.90. The molecule has 2 aliphatic rings. The Morgan fingerprint density at radius 2 is 1.96 bits per heavy atom.